The summed E-state index contributed by atoms with van der Waals surface area (Å²) in [6.07, 6.45) is 0. The summed E-state index contributed by atoms with van der Waals surface area (Å²) in [4.78, 5) is 21.4. The molecule has 0 aromatic heterocycles. The van der Waals surface area contributed by atoms with Crippen molar-refractivity contribution in [2.75, 3.05) is 0 Å². The zero-order valence-electron chi connectivity index (χ0n) is 9.27. The fraction of sp³-hybridized carbons (Fsp3) is 0.100. The van der Waals surface area contributed by atoms with Crippen molar-refractivity contribution in [2.45, 2.75) is 6.92 Å². The molecule has 0 fully saturated rings. The maximum Gasteiger partial charge on any atom is 0.317 e. The highest BCUT2D eigenvalue weighted by Crippen LogP contribution is 2.28. The van der Waals surface area contributed by atoms with Gasteiger partial charge in [0.25, 0.3) is 5.69 Å². The molecule has 1 aromatic rings. The van der Waals surface area contributed by atoms with Gasteiger partial charge in [-0.05, 0) is 13.0 Å². The second-order valence-corrected chi connectivity index (χ2v) is 3.38. The van der Waals surface area contributed by atoms with Gasteiger partial charge in [0.15, 0.2) is 11.4 Å². The predicted molar refractivity (Wildman–Crippen MR) is 60.2 cm³/mol. The van der Waals surface area contributed by atoms with Crippen LogP contribution in [0.1, 0.15) is 6.92 Å². The van der Waals surface area contributed by atoms with Gasteiger partial charge in [0.2, 0.25) is 0 Å². The summed E-state index contributed by atoms with van der Waals surface area (Å²) in [6, 6.07) is 5.85. The highest BCUT2D eigenvalue weighted by Gasteiger charge is 2.19. The largest absolute Gasteiger partial charge is 0.317 e. The first-order chi connectivity index (χ1) is 8.59. The van der Waals surface area contributed by atoms with Crippen molar-refractivity contribution in [1.82, 2.24) is 0 Å². The predicted octanol–water partition coefficient (Wildman–Crippen LogP) is 2.90. The van der Waals surface area contributed by atoms with Gasteiger partial charge in [-0.1, -0.05) is 12.1 Å². The molecule has 0 N–H and O–H groups in total. The van der Waals surface area contributed by atoms with Crippen molar-refractivity contribution < 1.29 is 9.72 Å². The normalized spacial score (nSPS) is 14.8. The van der Waals surface area contributed by atoms with Crippen LogP contribution in [-0.4, -0.2) is 10.8 Å². The molecule has 8 nitrogen and oxygen atoms in total. The lowest BCUT2D eigenvalue weighted by molar-refractivity contribution is -0.384. The van der Waals surface area contributed by atoms with E-state index in [1.807, 2.05) is 0 Å². The minimum atomic E-state index is -0.602. The SMILES string of the molecule is CC1=C(N=Nc2ccccc2[N+](=O)[O-])C(=O)N=N1. The lowest BCUT2D eigenvalue weighted by Crippen LogP contribution is -1.91. The van der Waals surface area contributed by atoms with Crippen LogP contribution in [0.15, 0.2) is 56.1 Å². The standard InChI is InChI=1S/C10H7N5O3/c1-6-9(10(16)14-11-6)13-12-7-4-2-3-5-8(7)15(17)18/h2-5H,1H3. The number of nitro benzene ring substituents is 1. The second-order valence-electron chi connectivity index (χ2n) is 3.38. The molecule has 0 saturated carbocycles. The Labute approximate surface area is 101 Å². The lowest BCUT2D eigenvalue weighted by Gasteiger charge is -1.95. The molecule has 1 aromatic carbocycles. The minimum Gasteiger partial charge on any atom is -0.263 e. The molecule has 2 rings (SSSR count). The number of rotatable bonds is 3. The summed E-state index contributed by atoms with van der Waals surface area (Å²) >= 11 is 0. The van der Waals surface area contributed by atoms with Crippen LogP contribution in [0.3, 0.4) is 0 Å². The Morgan fingerprint density at radius 1 is 1.22 bits per heavy atom. The van der Waals surface area contributed by atoms with Crippen molar-refractivity contribution in [3.05, 3.63) is 45.8 Å². The van der Waals surface area contributed by atoms with Gasteiger partial charge in [-0.25, -0.2) is 0 Å². The van der Waals surface area contributed by atoms with Crippen LogP contribution >= 0.6 is 0 Å². The molecule has 90 valence electrons. The first-order valence-electron chi connectivity index (χ1n) is 4.91. The van der Waals surface area contributed by atoms with Crippen molar-refractivity contribution in [3.8, 4) is 0 Å². The quantitative estimate of drug-likeness (QED) is 0.463. The van der Waals surface area contributed by atoms with E-state index in [-0.39, 0.29) is 17.1 Å². The number of hydrogen-bond donors (Lipinski definition) is 0. The Bertz CT molecular complexity index is 618. The Kier molecular flexibility index (Phi) is 3.00. The number of amides is 1. The van der Waals surface area contributed by atoms with E-state index in [0.717, 1.165) is 0 Å². The van der Waals surface area contributed by atoms with E-state index in [1.54, 1.807) is 13.0 Å². The van der Waals surface area contributed by atoms with Gasteiger partial charge in [0, 0.05) is 6.07 Å². The van der Waals surface area contributed by atoms with Crippen molar-refractivity contribution in [1.29, 1.82) is 0 Å². The molecular formula is C10H7N5O3. The van der Waals surface area contributed by atoms with E-state index in [4.69, 9.17) is 0 Å². The summed E-state index contributed by atoms with van der Waals surface area (Å²) < 4.78 is 0. The Morgan fingerprint density at radius 2 is 1.94 bits per heavy atom. The average Bonchev–Trinajstić information content (AvgIpc) is 2.67. The highest BCUT2D eigenvalue weighted by atomic mass is 16.6. The summed E-state index contributed by atoms with van der Waals surface area (Å²) in [5.74, 6) is -0.602. The van der Waals surface area contributed by atoms with Crippen LogP contribution in [0.4, 0.5) is 11.4 Å². The van der Waals surface area contributed by atoms with Crippen LogP contribution in [0.25, 0.3) is 0 Å². The van der Waals surface area contributed by atoms with Crippen molar-refractivity contribution in [3.63, 3.8) is 0 Å². The van der Waals surface area contributed by atoms with E-state index in [1.165, 1.54) is 18.2 Å². The molecule has 1 aliphatic rings. The van der Waals surface area contributed by atoms with Crippen LogP contribution in [0.2, 0.25) is 0 Å². The van der Waals surface area contributed by atoms with Gasteiger partial charge in [0.1, 0.15) is 0 Å². The Morgan fingerprint density at radius 3 is 2.56 bits per heavy atom. The molecule has 0 spiro atoms. The topological polar surface area (TPSA) is 110 Å². The molecule has 1 amide bonds. The van der Waals surface area contributed by atoms with Crippen molar-refractivity contribution in [2.24, 2.45) is 20.5 Å². The summed E-state index contributed by atoms with van der Waals surface area (Å²) in [7, 11) is 0. The number of carbonyl (C=O) groups is 1. The first-order valence-corrected chi connectivity index (χ1v) is 4.91. The molecule has 0 saturated heterocycles. The fourth-order valence-electron chi connectivity index (χ4n) is 1.29. The Balaban J connectivity index is 2.33. The third-order valence-electron chi connectivity index (χ3n) is 2.17. The van der Waals surface area contributed by atoms with E-state index in [9.17, 15) is 14.9 Å². The molecule has 0 radical (unpaired) electrons. The molecule has 8 heteroatoms. The smallest absolute Gasteiger partial charge is 0.263 e. The van der Waals surface area contributed by atoms with E-state index >= 15 is 0 Å². The third-order valence-corrected chi connectivity index (χ3v) is 2.17. The first kappa shape index (κ1) is 11.7. The molecule has 18 heavy (non-hydrogen) atoms. The van der Waals surface area contributed by atoms with Gasteiger partial charge in [0.05, 0.1) is 10.6 Å². The number of para-hydroxylation sites is 1. The van der Waals surface area contributed by atoms with Crippen molar-refractivity contribution >= 4 is 17.3 Å². The number of azo groups is 2. The molecule has 1 aliphatic heterocycles. The number of allylic oxidation sites excluding steroid dienone is 1. The summed E-state index contributed by atoms with van der Waals surface area (Å²) in [5.41, 5.74) is 0.219. The number of benzene rings is 1. The molecule has 0 atom stereocenters. The monoisotopic (exact) mass is 245 g/mol. The van der Waals surface area contributed by atoms with Crippen LogP contribution in [0.5, 0.6) is 0 Å². The fourth-order valence-corrected chi connectivity index (χ4v) is 1.29. The van der Waals surface area contributed by atoms with Gasteiger partial charge in [-0.15, -0.1) is 20.5 Å². The van der Waals surface area contributed by atoms with E-state index in [0.29, 0.717) is 5.70 Å². The second kappa shape index (κ2) is 4.62. The number of nitro groups is 1. The maximum atomic E-state index is 11.2. The lowest BCUT2D eigenvalue weighted by atomic mass is 10.3. The van der Waals surface area contributed by atoms with Gasteiger partial charge in [-0.3, -0.25) is 14.9 Å². The van der Waals surface area contributed by atoms with Gasteiger partial charge < -0.3 is 0 Å². The van der Waals surface area contributed by atoms with E-state index < -0.39 is 10.8 Å². The van der Waals surface area contributed by atoms with Gasteiger partial charge >= 0.3 is 5.91 Å². The molecular weight excluding hydrogens is 238 g/mol. The number of nitrogens with zero attached hydrogens (tertiary/aromatic N) is 5. The Hall–Kier alpha value is -2.77. The minimum absolute atomic E-state index is 0.00634. The zero-order valence-corrected chi connectivity index (χ0v) is 9.27. The number of hydrogen-bond acceptors (Lipinski definition) is 6. The molecule has 0 aliphatic carbocycles. The summed E-state index contributed by atoms with van der Waals surface area (Å²) in [6.45, 7) is 1.56. The zero-order chi connectivity index (χ0) is 13.1. The number of carbonyl (C=O) groups excluding carboxylic acids is 1. The van der Waals surface area contributed by atoms with Crippen LogP contribution in [0, 0.1) is 10.1 Å². The van der Waals surface area contributed by atoms with Gasteiger partial charge in [-0.2, -0.15) is 0 Å². The van der Waals surface area contributed by atoms with Crippen LogP contribution in [-0.2, 0) is 4.79 Å². The molecule has 0 bridgehead atoms. The maximum absolute atomic E-state index is 11.2. The molecule has 1 heterocycles. The highest BCUT2D eigenvalue weighted by molar-refractivity contribution is 5.95. The van der Waals surface area contributed by atoms with E-state index in [2.05, 4.69) is 20.5 Å². The third kappa shape index (κ3) is 2.17. The van der Waals surface area contributed by atoms with Crippen LogP contribution < -0.4 is 0 Å². The molecule has 0 unspecified atom stereocenters. The average molecular weight is 245 g/mol. The summed E-state index contributed by atoms with van der Waals surface area (Å²) in [5, 5.41) is 24.9.